The highest BCUT2D eigenvalue weighted by molar-refractivity contribution is 7.92. The Morgan fingerprint density at radius 1 is 1.28 bits per heavy atom. The molecule has 1 aliphatic heterocycles. The minimum atomic E-state index is -3.20. The molecular weight excluding hydrogens is 250 g/mol. The highest BCUT2D eigenvalue weighted by atomic mass is 32.2. The molecule has 0 radical (unpaired) electrons. The van der Waals surface area contributed by atoms with E-state index in [0.29, 0.717) is 23.6 Å². The molecule has 1 fully saturated rings. The lowest BCUT2D eigenvalue weighted by atomic mass is 10.3. The second-order valence-corrected chi connectivity index (χ2v) is 7.03. The molecule has 0 aliphatic carbocycles. The molecule has 0 aromatic heterocycles. The van der Waals surface area contributed by atoms with Crippen molar-refractivity contribution in [2.45, 2.75) is 36.5 Å². The van der Waals surface area contributed by atoms with Crippen molar-refractivity contribution in [3.05, 3.63) is 24.3 Å². The van der Waals surface area contributed by atoms with Gasteiger partial charge in [-0.05, 0) is 51.1 Å². The van der Waals surface area contributed by atoms with Crippen LogP contribution in [0.2, 0.25) is 0 Å². The zero-order valence-electron chi connectivity index (χ0n) is 10.7. The van der Waals surface area contributed by atoms with E-state index >= 15 is 0 Å². The minimum absolute atomic E-state index is 0.0893. The van der Waals surface area contributed by atoms with Crippen LogP contribution in [-0.4, -0.2) is 32.9 Å². The maximum atomic E-state index is 12.3. The summed E-state index contributed by atoms with van der Waals surface area (Å²) in [6, 6.07) is 6.70. The molecule has 0 bridgehead atoms. The molecule has 100 valence electrons. The fraction of sp³-hybridized carbons (Fsp3) is 0.538. The van der Waals surface area contributed by atoms with Crippen LogP contribution in [0.3, 0.4) is 0 Å². The third-order valence-electron chi connectivity index (χ3n) is 2.98. The van der Waals surface area contributed by atoms with Gasteiger partial charge in [0.1, 0.15) is 5.75 Å². The smallest absolute Gasteiger partial charge is 0.182 e. The van der Waals surface area contributed by atoms with Crippen molar-refractivity contribution in [2.24, 2.45) is 0 Å². The number of hydrogen-bond acceptors (Lipinski definition) is 4. The lowest BCUT2D eigenvalue weighted by molar-refractivity contribution is 0.242. The van der Waals surface area contributed by atoms with Crippen molar-refractivity contribution in [1.29, 1.82) is 0 Å². The third kappa shape index (κ3) is 2.84. The lowest BCUT2D eigenvalue weighted by Gasteiger charge is -2.12. The van der Waals surface area contributed by atoms with E-state index in [4.69, 9.17) is 4.74 Å². The first kappa shape index (κ1) is 13.4. The van der Waals surface area contributed by atoms with Crippen molar-refractivity contribution in [3.63, 3.8) is 0 Å². The molecule has 18 heavy (non-hydrogen) atoms. The first-order valence-electron chi connectivity index (χ1n) is 6.21. The van der Waals surface area contributed by atoms with Gasteiger partial charge in [0.25, 0.3) is 0 Å². The van der Waals surface area contributed by atoms with Gasteiger partial charge in [-0.2, -0.15) is 0 Å². The van der Waals surface area contributed by atoms with Crippen molar-refractivity contribution < 1.29 is 13.2 Å². The van der Waals surface area contributed by atoms with Gasteiger partial charge in [0.05, 0.1) is 16.2 Å². The van der Waals surface area contributed by atoms with Crippen molar-refractivity contribution in [2.75, 3.05) is 13.1 Å². The van der Waals surface area contributed by atoms with E-state index in [1.807, 2.05) is 13.8 Å². The number of rotatable bonds is 4. The summed E-state index contributed by atoms with van der Waals surface area (Å²) in [6.45, 7) is 5.20. The second kappa shape index (κ2) is 5.28. The fourth-order valence-electron chi connectivity index (χ4n) is 2.07. The van der Waals surface area contributed by atoms with Crippen LogP contribution in [0.4, 0.5) is 0 Å². The number of sulfone groups is 1. The zero-order valence-corrected chi connectivity index (χ0v) is 11.5. The number of nitrogens with one attached hydrogen (secondary N) is 1. The normalized spacial score (nSPS) is 20.3. The summed E-state index contributed by atoms with van der Waals surface area (Å²) in [5, 5.41) is 2.78. The van der Waals surface area contributed by atoms with Crippen LogP contribution in [0.25, 0.3) is 0 Å². The molecule has 1 aromatic carbocycles. The van der Waals surface area contributed by atoms with Gasteiger partial charge in [-0.3, -0.25) is 0 Å². The molecule has 1 heterocycles. The Balaban J connectivity index is 2.18. The van der Waals surface area contributed by atoms with Crippen LogP contribution < -0.4 is 10.1 Å². The van der Waals surface area contributed by atoms with E-state index in [1.165, 1.54) is 0 Å². The van der Waals surface area contributed by atoms with Gasteiger partial charge in [-0.15, -0.1) is 0 Å². The number of benzene rings is 1. The van der Waals surface area contributed by atoms with Gasteiger partial charge in [0, 0.05) is 6.54 Å². The Morgan fingerprint density at radius 3 is 2.44 bits per heavy atom. The highest BCUT2D eigenvalue weighted by Gasteiger charge is 2.29. The molecule has 1 aliphatic rings. The molecule has 5 heteroatoms. The Labute approximate surface area is 108 Å². The van der Waals surface area contributed by atoms with Gasteiger partial charge < -0.3 is 10.1 Å². The van der Waals surface area contributed by atoms with Crippen molar-refractivity contribution in [3.8, 4) is 5.75 Å². The summed E-state index contributed by atoms with van der Waals surface area (Å²) in [4.78, 5) is 0.382. The predicted molar refractivity (Wildman–Crippen MR) is 70.7 cm³/mol. The van der Waals surface area contributed by atoms with Crippen molar-refractivity contribution in [1.82, 2.24) is 5.32 Å². The molecule has 0 amide bonds. The summed E-state index contributed by atoms with van der Waals surface area (Å²) in [5.41, 5.74) is 0. The Hall–Kier alpha value is -1.07. The zero-order chi connectivity index (χ0) is 13.2. The standard InChI is InChI=1S/C13H19NO3S/c1-10(2)17-11-3-5-12(6-4-11)18(15,16)13-7-8-14-9-13/h3-6,10,13-14H,7-9H2,1-2H3. The van der Waals surface area contributed by atoms with Gasteiger partial charge in [-0.1, -0.05) is 0 Å². The first-order valence-corrected chi connectivity index (χ1v) is 7.76. The van der Waals surface area contributed by atoms with Crippen molar-refractivity contribution >= 4 is 9.84 Å². The monoisotopic (exact) mass is 269 g/mol. The molecule has 1 aromatic rings. The van der Waals surface area contributed by atoms with E-state index < -0.39 is 9.84 Å². The maximum Gasteiger partial charge on any atom is 0.182 e. The summed E-state index contributed by atoms with van der Waals surface area (Å²) in [6.07, 6.45) is 0.776. The third-order valence-corrected chi connectivity index (χ3v) is 5.19. The second-order valence-electron chi connectivity index (χ2n) is 4.80. The summed E-state index contributed by atoms with van der Waals surface area (Å²) >= 11 is 0. The maximum absolute atomic E-state index is 12.3. The van der Waals surface area contributed by atoms with Gasteiger partial charge in [0.2, 0.25) is 0 Å². The Kier molecular flexibility index (Phi) is 3.92. The predicted octanol–water partition coefficient (Wildman–Crippen LogP) is 1.61. The Morgan fingerprint density at radius 2 is 1.94 bits per heavy atom. The van der Waals surface area contributed by atoms with Crippen LogP contribution in [-0.2, 0) is 9.84 Å². The summed E-state index contributed by atoms with van der Waals surface area (Å²) < 4.78 is 30.1. The van der Waals surface area contributed by atoms with Crippen LogP contribution in [0.1, 0.15) is 20.3 Å². The SMILES string of the molecule is CC(C)Oc1ccc(S(=O)(=O)C2CCNC2)cc1. The molecule has 2 rings (SSSR count). The van der Waals surface area contributed by atoms with Gasteiger partial charge in [0.15, 0.2) is 9.84 Å². The van der Waals surface area contributed by atoms with E-state index in [9.17, 15) is 8.42 Å². The molecule has 1 saturated heterocycles. The first-order chi connectivity index (χ1) is 8.50. The average molecular weight is 269 g/mol. The quantitative estimate of drug-likeness (QED) is 0.902. The molecule has 1 atom stereocenters. The number of hydrogen-bond donors (Lipinski definition) is 1. The topological polar surface area (TPSA) is 55.4 Å². The van der Waals surface area contributed by atoms with Crippen LogP contribution in [0.5, 0.6) is 5.75 Å². The van der Waals surface area contributed by atoms with Crippen LogP contribution in [0, 0.1) is 0 Å². The van der Waals surface area contributed by atoms with Gasteiger partial charge in [-0.25, -0.2) is 8.42 Å². The van der Waals surface area contributed by atoms with E-state index in [-0.39, 0.29) is 11.4 Å². The molecule has 1 N–H and O–H groups in total. The Bertz CT molecular complexity index is 487. The molecule has 4 nitrogen and oxygen atoms in total. The van der Waals surface area contributed by atoms with E-state index in [1.54, 1.807) is 24.3 Å². The highest BCUT2D eigenvalue weighted by Crippen LogP contribution is 2.23. The summed E-state index contributed by atoms with van der Waals surface area (Å²) in [7, 11) is -3.20. The average Bonchev–Trinajstić information content (AvgIpc) is 2.83. The van der Waals surface area contributed by atoms with Crippen LogP contribution in [0.15, 0.2) is 29.2 Å². The lowest BCUT2D eigenvalue weighted by Crippen LogP contribution is -2.23. The minimum Gasteiger partial charge on any atom is -0.491 e. The summed E-state index contributed by atoms with van der Waals surface area (Å²) in [5.74, 6) is 0.702. The molecule has 1 unspecified atom stereocenters. The fourth-order valence-corrected chi connectivity index (χ4v) is 3.73. The largest absolute Gasteiger partial charge is 0.491 e. The van der Waals surface area contributed by atoms with E-state index in [2.05, 4.69) is 5.32 Å². The van der Waals surface area contributed by atoms with Crippen LogP contribution >= 0.6 is 0 Å². The molecular formula is C13H19NO3S. The molecule has 0 spiro atoms. The van der Waals surface area contributed by atoms with Gasteiger partial charge >= 0.3 is 0 Å². The molecule has 0 saturated carbocycles. The van der Waals surface area contributed by atoms with E-state index in [0.717, 1.165) is 6.54 Å². The number of ether oxygens (including phenoxy) is 1.